The predicted octanol–water partition coefficient (Wildman–Crippen LogP) is 3.14. The second-order valence-corrected chi connectivity index (χ2v) is 8.03. The van der Waals surface area contributed by atoms with Crippen molar-refractivity contribution in [2.24, 2.45) is 11.8 Å². The molecule has 5 heteroatoms. The minimum atomic E-state index is -3.39. The summed E-state index contributed by atoms with van der Waals surface area (Å²) in [7, 11) is -3.39. The Balaban J connectivity index is 2.15. The highest BCUT2D eigenvalue weighted by atomic mass is 32.2. The van der Waals surface area contributed by atoms with Gasteiger partial charge in [-0.25, -0.2) is 8.42 Å². The average molecular weight is 311 g/mol. The third-order valence-electron chi connectivity index (χ3n) is 3.77. The lowest BCUT2D eigenvalue weighted by Gasteiger charge is -2.34. The second-order valence-electron chi connectivity index (χ2n) is 6.09. The Hall–Kier alpha value is -1.07. The smallest absolute Gasteiger partial charge is 0.243 e. The first-order chi connectivity index (χ1) is 9.93. The number of benzene rings is 1. The van der Waals surface area contributed by atoms with Crippen LogP contribution in [0.3, 0.4) is 0 Å². The summed E-state index contributed by atoms with van der Waals surface area (Å²) in [4.78, 5) is 0.354. The Bertz CT molecular complexity index is 543. The highest BCUT2D eigenvalue weighted by Crippen LogP contribution is 2.27. The minimum absolute atomic E-state index is 0.354. The lowest BCUT2D eigenvalue weighted by atomic mass is 9.94. The molecule has 0 radical (unpaired) electrons. The average Bonchev–Trinajstić information content (AvgIpc) is 2.44. The Morgan fingerprint density at radius 3 is 2.24 bits per heavy atom. The van der Waals surface area contributed by atoms with Crippen molar-refractivity contribution in [2.75, 3.05) is 19.7 Å². The van der Waals surface area contributed by atoms with E-state index >= 15 is 0 Å². The summed E-state index contributed by atoms with van der Waals surface area (Å²) in [5.74, 6) is 1.54. The van der Waals surface area contributed by atoms with Gasteiger partial charge in [0.05, 0.1) is 11.5 Å². The fourth-order valence-electron chi connectivity index (χ4n) is 2.88. The molecule has 4 nitrogen and oxygen atoms in total. The van der Waals surface area contributed by atoms with E-state index in [2.05, 4.69) is 13.8 Å². The fraction of sp³-hybridized carbons (Fsp3) is 0.625. The maximum absolute atomic E-state index is 12.7. The van der Waals surface area contributed by atoms with Gasteiger partial charge in [-0.2, -0.15) is 4.31 Å². The van der Waals surface area contributed by atoms with Crippen molar-refractivity contribution in [3.63, 3.8) is 0 Å². The molecule has 1 heterocycles. The SMILES string of the molecule is CCCOc1ccc(S(=O)(=O)N2C[C@@H](C)C[C@H](C)C2)cc1. The maximum Gasteiger partial charge on any atom is 0.243 e. The van der Waals surface area contributed by atoms with Crippen LogP contribution in [0.1, 0.15) is 33.6 Å². The molecule has 1 saturated heterocycles. The van der Waals surface area contributed by atoms with Gasteiger partial charge in [0.25, 0.3) is 0 Å². The summed E-state index contributed by atoms with van der Waals surface area (Å²) in [6.45, 7) is 8.13. The van der Waals surface area contributed by atoms with Crippen LogP contribution in [0.15, 0.2) is 29.2 Å². The number of hydrogen-bond donors (Lipinski definition) is 0. The van der Waals surface area contributed by atoms with Crippen molar-refractivity contribution in [3.05, 3.63) is 24.3 Å². The van der Waals surface area contributed by atoms with Gasteiger partial charge in [-0.15, -0.1) is 0 Å². The zero-order valence-corrected chi connectivity index (χ0v) is 13.9. The first-order valence-corrected chi connectivity index (χ1v) is 9.10. The lowest BCUT2D eigenvalue weighted by molar-refractivity contribution is 0.222. The summed E-state index contributed by atoms with van der Waals surface area (Å²) in [6, 6.07) is 6.76. The quantitative estimate of drug-likeness (QED) is 0.839. The molecule has 1 aliphatic rings. The molecule has 2 atom stereocenters. The second kappa shape index (κ2) is 6.79. The van der Waals surface area contributed by atoms with Gasteiger partial charge in [0.15, 0.2) is 0 Å². The third-order valence-corrected chi connectivity index (χ3v) is 5.62. The van der Waals surface area contributed by atoms with E-state index in [1.165, 1.54) is 0 Å². The van der Waals surface area contributed by atoms with Crippen LogP contribution < -0.4 is 4.74 Å². The normalized spacial score (nSPS) is 24.0. The van der Waals surface area contributed by atoms with Gasteiger partial charge in [0.2, 0.25) is 10.0 Å². The van der Waals surface area contributed by atoms with Gasteiger partial charge >= 0.3 is 0 Å². The van der Waals surface area contributed by atoms with Crippen molar-refractivity contribution in [3.8, 4) is 5.75 Å². The van der Waals surface area contributed by atoms with Gasteiger partial charge in [0.1, 0.15) is 5.75 Å². The molecule has 0 amide bonds. The summed E-state index contributed by atoms with van der Waals surface area (Å²) >= 11 is 0. The van der Waals surface area contributed by atoms with Crippen LogP contribution in [0, 0.1) is 11.8 Å². The molecule has 0 aromatic heterocycles. The Morgan fingerprint density at radius 1 is 1.14 bits per heavy atom. The van der Waals surface area contributed by atoms with Crippen LogP contribution >= 0.6 is 0 Å². The number of sulfonamides is 1. The van der Waals surface area contributed by atoms with E-state index in [1.807, 2.05) is 6.92 Å². The number of ether oxygens (including phenoxy) is 1. The van der Waals surface area contributed by atoms with Gasteiger partial charge in [-0.1, -0.05) is 20.8 Å². The van der Waals surface area contributed by atoms with E-state index in [-0.39, 0.29) is 0 Å². The molecule has 21 heavy (non-hydrogen) atoms. The highest BCUT2D eigenvalue weighted by Gasteiger charge is 2.31. The van der Waals surface area contributed by atoms with Crippen molar-refractivity contribution in [2.45, 2.75) is 38.5 Å². The summed E-state index contributed by atoms with van der Waals surface area (Å²) in [5, 5.41) is 0. The molecule has 0 aliphatic carbocycles. The Kier molecular flexibility index (Phi) is 5.27. The van der Waals surface area contributed by atoms with Crippen molar-refractivity contribution < 1.29 is 13.2 Å². The molecule has 1 aromatic carbocycles. The summed E-state index contributed by atoms with van der Waals surface area (Å²) in [6.07, 6.45) is 2.03. The Morgan fingerprint density at radius 2 is 1.71 bits per heavy atom. The van der Waals surface area contributed by atoms with E-state index in [4.69, 9.17) is 4.74 Å². The van der Waals surface area contributed by atoms with E-state index in [0.29, 0.717) is 36.4 Å². The fourth-order valence-corrected chi connectivity index (χ4v) is 4.56. The maximum atomic E-state index is 12.7. The van der Waals surface area contributed by atoms with Crippen LogP contribution in [0.4, 0.5) is 0 Å². The van der Waals surface area contributed by atoms with Crippen molar-refractivity contribution in [1.29, 1.82) is 0 Å². The van der Waals surface area contributed by atoms with E-state index in [1.54, 1.807) is 28.6 Å². The molecule has 0 N–H and O–H groups in total. The zero-order valence-electron chi connectivity index (χ0n) is 13.1. The minimum Gasteiger partial charge on any atom is -0.494 e. The number of hydrogen-bond acceptors (Lipinski definition) is 3. The van der Waals surface area contributed by atoms with Crippen molar-refractivity contribution in [1.82, 2.24) is 4.31 Å². The first-order valence-electron chi connectivity index (χ1n) is 7.66. The first kappa shape index (κ1) is 16.3. The van der Waals surface area contributed by atoms with E-state index in [0.717, 1.165) is 18.6 Å². The number of piperidine rings is 1. The molecule has 0 spiro atoms. The highest BCUT2D eigenvalue weighted by molar-refractivity contribution is 7.89. The van der Waals surface area contributed by atoms with Gasteiger partial charge in [-0.3, -0.25) is 0 Å². The zero-order chi connectivity index (χ0) is 15.5. The summed E-state index contributed by atoms with van der Waals surface area (Å²) in [5.41, 5.74) is 0. The van der Waals surface area contributed by atoms with Crippen LogP contribution in [0.2, 0.25) is 0 Å². The van der Waals surface area contributed by atoms with Crippen LogP contribution in [-0.4, -0.2) is 32.4 Å². The molecule has 0 unspecified atom stereocenters. The van der Waals surface area contributed by atoms with Gasteiger partial charge in [0, 0.05) is 13.1 Å². The standard InChI is InChI=1S/C16H25NO3S/c1-4-9-20-15-5-7-16(8-6-15)21(18,19)17-11-13(2)10-14(3)12-17/h5-8,13-14H,4,9-12H2,1-3H3/t13-,14-/m0/s1. The lowest BCUT2D eigenvalue weighted by Crippen LogP contribution is -2.42. The molecule has 1 fully saturated rings. The van der Waals surface area contributed by atoms with E-state index < -0.39 is 10.0 Å². The van der Waals surface area contributed by atoms with Crippen LogP contribution in [0.5, 0.6) is 5.75 Å². The molecule has 0 saturated carbocycles. The molecule has 1 aliphatic heterocycles. The molecular weight excluding hydrogens is 286 g/mol. The monoisotopic (exact) mass is 311 g/mol. The molecule has 1 aromatic rings. The topological polar surface area (TPSA) is 46.6 Å². The van der Waals surface area contributed by atoms with E-state index in [9.17, 15) is 8.42 Å². The molecule has 2 rings (SSSR count). The van der Waals surface area contributed by atoms with Gasteiger partial charge in [-0.05, 0) is 48.9 Å². The van der Waals surface area contributed by atoms with Gasteiger partial charge < -0.3 is 4.74 Å². The molecular formula is C16H25NO3S. The Labute approximate surface area is 128 Å². The predicted molar refractivity (Wildman–Crippen MR) is 83.9 cm³/mol. The number of rotatable bonds is 5. The number of nitrogens with zero attached hydrogens (tertiary/aromatic N) is 1. The van der Waals surface area contributed by atoms with Crippen LogP contribution in [-0.2, 0) is 10.0 Å². The third kappa shape index (κ3) is 3.98. The largest absolute Gasteiger partial charge is 0.494 e. The summed E-state index contributed by atoms with van der Waals surface area (Å²) < 4.78 is 32.5. The van der Waals surface area contributed by atoms with Crippen molar-refractivity contribution >= 4 is 10.0 Å². The van der Waals surface area contributed by atoms with Crippen LogP contribution in [0.25, 0.3) is 0 Å². The molecule has 118 valence electrons. The molecule has 0 bridgehead atoms.